The second-order valence-electron chi connectivity index (χ2n) is 12.4. The molecule has 16 nitrogen and oxygen atoms in total. The molecule has 3 aromatic carbocycles. The number of esters is 2. The van der Waals surface area contributed by atoms with Crippen LogP contribution in [0.3, 0.4) is 0 Å². The highest BCUT2D eigenvalue weighted by Crippen LogP contribution is 2.35. The Kier molecular flexibility index (Phi) is 14.7. The van der Waals surface area contributed by atoms with Crippen molar-refractivity contribution in [2.24, 2.45) is 5.11 Å². The third-order valence-corrected chi connectivity index (χ3v) is 8.53. The smallest absolute Gasteiger partial charge is 0.303 e. The number of hydrogen-bond donors (Lipinski definition) is 3. The van der Waals surface area contributed by atoms with Crippen molar-refractivity contribution >= 4 is 11.9 Å². The van der Waals surface area contributed by atoms with Crippen LogP contribution in [0, 0.1) is 0 Å². The number of azide groups is 1. The van der Waals surface area contributed by atoms with Crippen molar-refractivity contribution in [3.8, 4) is 0 Å². The summed E-state index contributed by atoms with van der Waals surface area (Å²) in [6.07, 6.45) is -16.3. The molecule has 2 aliphatic heterocycles. The summed E-state index contributed by atoms with van der Waals surface area (Å²) >= 11 is 0. The van der Waals surface area contributed by atoms with Gasteiger partial charge in [-0.3, -0.25) is 9.59 Å². The molecule has 53 heavy (non-hydrogen) atoms. The molecule has 2 aliphatic rings. The van der Waals surface area contributed by atoms with Gasteiger partial charge in [0.15, 0.2) is 31.0 Å². The number of ether oxygens (including phenoxy) is 8. The fraction of sp³-hybridized carbons (Fsp3) is 0.459. The lowest BCUT2D eigenvalue weighted by Gasteiger charge is -2.48. The van der Waals surface area contributed by atoms with E-state index in [1.165, 1.54) is 6.92 Å². The van der Waals surface area contributed by atoms with Crippen molar-refractivity contribution < 1.29 is 62.8 Å². The highest BCUT2D eigenvalue weighted by atomic mass is 16.8. The van der Waals surface area contributed by atoms with Gasteiger partial charge in [-0.05, 0) is 22.2 Å². The van der Waals surface area contributed by atoms with Crippen LogP contribution in [0.1, 0.15) is 30.5 Å². The summed E-state index contributed by atoms with van der Waals surface area (Å²) in [6.45, 7) is 2.28. The normalized spacial score (nSPS) is 29.0. The Morgan fingerprint density at radius 3 is 1.74 bits per heavy atom. The van der Waals surface area contributed by atoms with E-state index in [1.807, 2.05) is 91.0 Å². The van der Waals surface area contributed by atoms with Crippen molar-refractivity contribution in [3.05, 3.63) is 118 Å². The maximum Gasteiger partial charge on any atom is 0.303 e. The molecule has 16 heteroatoms. The quantitative estimate of drug-likeness (QED) is 0.0835. The molecule has 1 unspecified atom stereocenters. The van der Waals surface area contributed by atoms with E-state index in [4.69, 9.17) is 43.4 Å². The number of aliphatic hydroxyl groups excluding tert-OH is 3. The Morgan fingerprint density at radius 1 is 0.736 bits per heavy atom. The first kappa shape index (κ1) is 39.8. The first-order valence-electron chi connectivity index (χ1n) is 17.0. The summed E-state index contributed by atoms with van der Waals surface area (Å²) in [7, 11) is 0. The standard InChI is InChI=1S/C37H43N3O13/c1-22(41)46-21-27-29(47-18-24-12-6-3-7-13-24)32(48-19-25-14-8-4-9-15-25)34(49-20-26-16-10-5-11-17-26)37(51-27)53-33-30(50-23(2)42)28(43)31(52-36(33)45)35(44)39-40-38/h3-17,27-37,43-45H,18-21H2,1-2H3/t27-,28+,29-,30+,31+,32+,33-,34-,35?,36+,37-/m1/s1. The molecule has 284 valence electrons. The molecule has 0 spiro atoms. The van der Waals surface area contributed by atoms with Gasteiger partial charge in [-0.2, -0.15) is 0 Å². The van der Waals surface area contributed by atoms with E-state index in [9.17, 15) is 24.9 Å². The van der Waals surface area contributed by atoms with Crippen LogP contribution in [0.4, 0.5) is 0 Å². The van der Waals surface area contributed by atoms with Crippen LogP contribution in [-0.4, -0.2) is 102 Å². The van der Waals surface area contributed by atoms with Crippen molar-refractivity contribution in [1.82, 2.24) is 0 Å². The molecule has 0 radical (unpaired) electrons. The molecule has 2 saturated heterocycles. The van der Waals surface area contributed by atoms with E-state index >= 15 is 0 Å². The SMILES string of the molecule is CC(=O)OC[C@H]1O[C@H](O[C@@H]2[C@@H](OC(C)=O)[C@H](O)[C@@H](C(O)N=[N+]=[N-])O[C@@H]2O)[C@H](OCc2ccccc2)[C@@H](OCc2ccccc2)[C@@H]1OCc1ccccc1. The maximum absolute atomic E-state index is 12.2. The third kappa shape index (κ3) is 11.0. The van der Waals surface area contributed by atoms with Crippen molar-refractivity contribution in [1.29, 1.82) is 0 Å². The number of hydrogen-bond acceptors (Lipinski definition) is 14. The van der Waals surface area contributed by atoms with Crippen molar-refractivity contribution in [2.45, 2.75) is 101 Å². The van der Waals surface area contributed by atoms with Gasteiger partial charge in [-0.15, -0.1) is 0 Å². The van der Waals surface area contributed by atoms with E-state index in [-0.39, 0.29) is 26.4 Å². The third-order valence-electron chi connectivity index (χ3n) is 8.53. The second kappa shape index (κ2) is 19.6. The van der Waals surface area contributed by atoms with Gasteiger partial charge in [0.2, 0.25) is 0 Å². The van der Waals surface area contributed by atoms with Crippen LogP contribution in [0.5, 0.6) is 0 Å². The van der Waals surface area contributed by atoms with E-state index in [2.05, 4.69) is 10.0 Å². The lowest BCUT2D eigenvalue weighted by molar-refractivity contribution is -0.375. The molecule has 3 N–H and O–H groups in total. The van der Waals surface area contributed by atoms with Gasteiger partial charge in [-0.25, -0.2) is 0 Å². The van der Waals surface area contributed by atoms with Gasteiger partial charge < -0.3 is 53.2 Å². The van der Waals surface area contributed by atoms with Gasteiger partial charge in [-0.1, -0.05) is 96.1 Å². The molecule has 2 fully saturated rings. The Balaban J connectivity index is 1.53. The minimum absolute atomic E-state index is 0.0418. The number of benzene rings is 3. The van der Waals surface area contributed by atoms with Crippen LogP contribution < -0.4 is 0 Å². The summed E-state index contributed by atoms with van der Waals surface area (Å²) in [4.78, 5) is 26.8. The fourth-order valence-electron chi connectivity index (χ4n) is 6.04. The molecule has 0 amide bonds. The fourth-order valence-corrected chi connectivity index (χ4v) is 6.04. The molecule has 5 rings (SSSR count). The molecular weight excluding hydrogens is 694 g/mol. The maximum atomic E-state index is 12.2. The van der Waals surface area contributed by atoms with Crippen LogP contribution >= 0.6 is 0 Å². The number of carbonyl (C=O) groups excluding carboxylic acids is 2. The molecular formula is C37H43N3O13. The van der Waals surface area contributed by atoms with E-state index in [0.717, 1.165) is 23.6 Å². The van der Waals surface area contributed by atoms with Crippen LogP contribution in [0.2, 0.25) is 0 Å². The minimum atomic E-state index is -1.96. The Bertz CT molecular complexity index is 1630. The van der Waals surface area contributed by atoms with Gasteiger partial charge >= 0.3 is 11.9 Å². The number of rotatable bonds is 16. The van der Waals surface area contributed by atoms with E-state index < -0.39 is 79.6 Å². The predicted octanol–water partition coefficient (Wildman–Crippen LogP) is 3.05. The van der Waals surface area contributed by atoms with Gasteiger partial charge in [0.1, 0.15) is 43.2 Å². The molecule has 0 saturated carbocycles. The topological polar surface area (TPSA) is 217 Å². The van der Waals surface area contributed by atoms with Crippen molar-refractivity contribution in [2.75, 3.05) is 6.61 Å². The van der Waals surface area contributed by atoms with Crippen LogP contribution in [0.25, 0.3) is 10.4 Å². The molecule has 11 atom stereocenters. The van der Waals surface area contributed by atoms with E-state index in [0.29, 0.717) is 0 Å². The summed E-state index contributed by atoms with van der Waals surface area (Å²) in [5.41, 5.74) is 11.3. The average Bonchev–Trinajstić information content (AvgIpc) is 3.15. The zero-order chi connectivity index (χ0) is 37.7. The molecule has 0 bridgehead atoms. The summed E-state index contributed by atoms with van der Waals surface area (Å²) < 4.78 is 48.6. The van der Waals surface area contributed by atoms with Gasteiger partial charge in [0.25, 0.3) is 0 Å². The monoisotopic (exact) mass is 737 g/mol. The minimum Gasteiger partial charge on any atom is -0.463 e. The summed E-state index contributed by atoms with van der Waals surface area (Å²) in [5.74, 6) is -1.45. The highest BCUT2D eigenvalue weighted by molar-refractivity contribution is 5.66. The first-order valence-corrected chi connectivity index (χ1v) is 17.0. The number of nitrogens with zero attached hydrogens (tertiary/aromatic N) is 3. The Labute approximate surface area is 305 Å². The predicted molar refractivity (Wildman–Crippen MR) is 183 cm³/mol. The number of aliphatic hydroxyl groups is 3. The molecule has 3 aromatic rings. The lowest BCUT2D eigenvalue weighted by atomic mass is 9.95. The zero-order valence-corrected chi connectivity index (χ0v) is 29.1. The lowest BCUT2D eigenvalue weighted by Crippen LogP contribution is -2.66. The molecule has 0 aliphatic carbocycles. The Hall–Kier alpha value is -4.45. The van der Waals surface area contributed by atoms with Gasteiger partial charge in [0, 0.05) is 18.8 Å². The van der Waals surface area contributed by atoms with Crippen LogP contribution in [0.15, 0.2) is 96.1 Å². The van der Waals surface area contributed by atoms with Gasteiger partial charge in [0.05, 0.1) is 19.8 Å². The average molecular weight is 738 g/mol. The van der Waals surface area contributed by atoms with Crippen LogP contribution in [-0.2, 0) is 67.3 Å². The molecule has 0 aromatic heterocycles. The summed E-state index contributed by atoms with van der Waals surface area (Å²) in [6, 6.07) is 28.0. The summed E-state index contributed by atoms with van der Waals surface area (Å²) in [5, 5.41) is 35.8. The molecule has 2 heterocycles. The first-order chi connectivity index (χ1) is 25.6. The zero-order valence-electron chi connectivity index (χ0n) is 29.1. The number of carbonyl (C=O) groups is 2. The van der Waals surface area contributed by atoms with Crippen molar-refractivity contribution in [3.63, 3.8) is 0 Å². The van der Waals surface area contributed by atoms with E-state index in [1.54, 1.807) is 0 Å². The Morgan fingerprint density at radius 2 is 1.25 bits per heavy atom. The highest BCUT2D eigenvalue weighted by Gasteiger charge is 2.55. The second-order valence-corrected chi connectivity index (χ2v) is 12.4. The largest absolute Gasteiger partial charge is 0.463 e.